The third-order valence-corrected chi connectivity index (χ3v) is 1.57. The summed E-state index contributed by atoms with van der Waals surface area (Å²) in [5.41, 5.74) is 5.29. The van der Waals surface area contributed by atoms with E-state index in [-0.39, 0.29) is 36.9 Å². The number of halogens is 3. The minimum absolute atomic E-state index is 0. The normalized spacial score (nSPS) is 10.8. The molecule has 0 aliphatic heterocycles. The van der Waals surface area contributed by atoms with E-state index in [2.05, 4.69) is 4.98 Å². The summed E-state index contributed by atoms with van der Waals surface area (Å²) in [4.78, 5) is 14.0. The molecule has 15 heavy (non-hydrogen) atoms. The lowest BCUT2D eigenvalue weighted by molar-refractivity contribution is -0.138. The van der Waals surface area contributed by atoms with E-state index in [4.69, 9.17) is 10.8 Å². The Balaban J connectivity index is 0. The molecule has 1 aromatic rings. The van der Waals surface area contributed by atoms with Crippen LogP contribution in [0.2, 0.25) is 0 Å². The van der Waals surface area contributed by atoms with Crippen molar-refractivity contribution in [2.45, 2.75) is 12.5 Å². The van der Waals surface area contributed by atoms with Gasteiger partial charge in [-0.05, 0) is 12.1 Å². The topological polar surface area (TPSA) is 76.2 Å². The van der Waals surface area contributed by atoms with Gasteiger partial charge in [0.25, 0.3) is 0 Å². The van der Waals surface area contributed by atoms with Crippen molar-refractivity contribution in [1.82, 2.24) is 4.98 Å². The number of carbonyl (C=O) groups is 1. The molecule has 1 rings (SSSR count). The second-order valence-corrected chi connectivity index (χ2v) is 2.58. The van der Waals surface area contributed by atoms with Gasteiger partial charge in [-0.1, -0.05) is 0 Å². The Bertz CT molecular complexity index is 325. The number of aromatic nitrogens is 1. The van der Waals surface area contributed by atoms with E-state index in [0.717, 1.165) is 0 Å². The van der Waals surface area contributed by atoms with Gasteiger partial charge in [-0.3, -0.25) is 9.78 Å². The van der Waals surface area contributed by atoms with Crippen molar-refractivity contribution >= 4 is 30.8 Å². The molecule has 86 valence electrons. The van der Waals surface area contributed by atoms with Crippen LogP contribution in [0.25, 0.3) is 0 Å². The van der Waals surface area contributed by atoms with E-state index in [0.29, 0.717) is 0 Å². The highest BCUT2D eigenvalue weighted by molar-refractivity contribution is 5.85. The van der Waals surface area contributed by atoms with Crippen molar-refractivity contribution in [1.29, 1.82) is 0 Å². The summed E-state index contributed by atoms with van der Waals surface area (Å²) < 4.78 is 12.9. The summed E-state index contributed by atoms with van der Waals surface area (Å²) in [6.45, 7) is 0. The Morgan fingerprint density at radius 1 is 1.60 bits per heavy atom. The molecule has 1 unspecified atom stereocenters. The fourth-order valence-corrected chi connectivity index (χ4v) is 0.864. The predicted molar refractivity (Wildman–Crippen MR) is 58.0 cm³/mol. The number of pyridine rings is 1. The summed E-state index contributed by atoms with van der Waals surface area (Å²) in [5.74, 6) is -1.69. The summed E-state index contributed by atoms with van der Waals surface area (Å²) in [5, 5.41) is 8.46. The second-order valence-electron chi connectivity index (χ2n) is 2.58. The lowest BCUT2D eigenvalue weighted by Gasteiger charge is -2.05. The summed E-state index contributed by atoms with van der Waals surface area (Å²) in [6, 6.07) is 1.55. The second kappa shape index (κ2) is 7.39. The van der Waals surface area contributed by atoms with E-state index in [1.54, 1.807) is 0 Å². The maximum absolute atomic E-state index is 12.9. The minimum atomic E-state index is -1.16. The first-order valence-corrected chi connectivity index (χ1v) is 3.69. The molecule has 4 nitrogen and oxygen atoms in total. The van der Waals surface area contributed by atoms with Crippen LogP contribution in [-0.2, 0) is 11.2 Å². The van der Waals surface area contributed by atoms with Gasteiger partial charge in [0.2, 0.25) is 0 Å². The smallest absolute Gasteiger partial charge is 0.320 e. The van der Waals surface area contributed by atoms with Crippen molar-refractivity contribution in [3.63, 3.8) is 0 Å². The van der Waals surface area contributed by atoms with Crippen LogP contribution in [-0.4, -0.2) is 22.1 Å². The fraction of sp³-hybridized carbons (Fsp3) is 0.250. The van der Waals surface area contributed by atoms with Crippen LogP contribution >= 0.6 is 24.8 Å². The average Bonchev–Trinajstić information content (AvgIpc) is 2.08. The van der Waals surface area contributed by atoms with E-state index < -0.39 is 17.8 Å². The Hall–Kier alpha value is -0.910. The third kappa shape index (κ3) is 4.92. The fourth-order valence-electron chi connectivity index (χ4n) is 0.864. The SMILES string of the molecule is Cl.Cl.NC(Cc1ncccc1F)C(=O)O. The Labute approximate surface area is 98.5 Å². The average molecular weight is 257 g/mol. The molecule has 0 radical (unpaired) electrons. The number of carboxylic acids is 1. The maximum Gasteiger partial charge on any atom is 0.320 e. The lowest BCUT2D eigenvalue weighted by Crippen LogP contribution is -2.32. The zero-order valence-electron chi connectivity index (χ0n) is 7.59. The van der Waals surface area contributed by atoms with Crippen LogP contribution in [0.1, 0.15) is 5.69 Å². The van der Waals surface area contributed by atoms with Crippen molar-refractivity contribution in [2.75, 3.05) is 0 Å². The lowest BCUT2D eigenvalue weighted by atomic mass is 10.1. The largest absolute Gasteiger partial charge is 0.480 e. The number of hydrogen-bond acceptors (Lipinski definition) is 3. The molecule has 0 amide bonds. The molecule has 7 heteroatoms. The molecule has 0 bridgehead atoms. The highest BCUT2D eigenvalue weighted by Crippen LogP contribution is 2.04. The van der Waals surface area contributed by atoms with Gasteiger partial charge in [-0.25, -0.2) is 4.39 Å². The van der Waals surface area contributed by atoms with Crippen LogP contribution in [0, 0.1) is 5.82 Å². The van der Waals surface area contributed by atoms with Gasteiger partial charge in [0.15, 0.2) is 0 Å². The van der Waals surface area contributed by atoms with Crippen molar-refractivity contribution < 1.29 is 14.3 Å². The highest BCUT2D eigenvalue weighted by atomic mass is 35.5. The van der Waals surface area contributed by atoms with Crippen molar-refractivity contribution in [2.24, 2.45) is 5.73 Å². The molecule has 0 saturated heterocycles. The van der Waals surface area contributed by atoms with Crippen molar-refractivity contribution in [3.8, 4) is 0 Å². The number of nitrogens with zero attached hydrogens (tertiary/aromatic N) is 1. The third-order valence-electron chi connectivity index (χ3n) is 1.57. The summed E-state index contributed by atoms with van der Waals surface area (Å²) >= 11 is 0. The molecular formula is C8H11Cl2FN2O2. The Morgan fingerprint density at radius 3 is 2.67 bits per heavy atom. The van der Waals surface area contributed by atoms with E-state index in [1.807, 2.05) is 0 Å². The number of aliphatic carboxylic acids is 1. The van der Waals surface area contributed by atoms with Crippen LogP contribution in [0.5, 0.6) is 0 Å². The summed E-state index contributed by atoms with van der Waals surface area (Å²) in [7, 11) is 0. The number of hydrogen-bond donors (Lipinski definition) is 2. The predicted octanol–water partition coefficient (Wildman–Crippen LogP) is 1.02. The van der Waals surface area contributed by atoms with E-state index in [9.17, 15) is 9.18 Å². The maximum atomic E-state index is 12.9. The molecule has 0 aromatic carbocycles. The molecule has 0 aliphatic carbocycles. The van der Waals surface area contributed by atoms with Gasteiger partial charge in [-0.2, -0.15) is 0 Å². The zero-order chi connectivity index (χ0) is 9.84. The molecule has 0 saturated carbocycles. The minimum Gasteiger partial charge on any atom is -0.480 e. The Kier molecular flexibility index (Phi) is 8.14. The molecule has 3 N–H and O–H groups in total. The zero-order valence-corrected chi connectivity index (χ0v) is 9.22. The number of carboxylic acid groups (broad SMARTS) is 1. The van der Waals surface area contributed by atoms with E-state index >= 15 is 0 Å². The van der Waals surface area contributed by atoms with Crippen LogP contribution in [0.3, 0.4) is 0 Å². The molecular weight excluding hydrogens is 246 g/mol. The van der Waals surface area contributed by atoms with Crippen LogP contribution < -0.4 is 5.73 Å². The highest BCUT2D eigenvalue weighted by Gasteiger charge is 2.14. The van der Waals surface area contributed by atoms with Crippen LogP contribution in [0.15, 0.2) is 18.3 Å². The molecule has 1 heterocycles. The van der Waals surface area contributed by atoms with Gasteiger partial charge < -0.3 is 10.8 Å². The van der Waals surface area contributed by atoms with Crippen molar-refractivity contribution in [3.05, 3.63) is 29.8 Å². The van der Waals surface area contributed by atoms with Crippen LogP contribution in [0.4, 0.5) is 4.39 Å². The first-order valence-electron chi connectivity index (χ1n) is 3.69. The quantitative estimate of drug-likeness (QED) is 0.847. The van der Waals surface area contributed by atoms with Gasteiger partial charge in [-0.15, -0.1) is 24.8 Å². The van der Waals surface area contributed by atoms with Gasteiger partial charge in [0, 0.05) is 12.6 Å². The molecule has 0 spiro atoms. The van der Waals surface area contributed by atoms with Gasteiger partial charge >= 0.3 is 5.97 Å². The first-order chi connectivity index (χ1) is 6.11. The molecule has 1 aromatic heterocycles. The molecule has 0 fully saturated rings. The number of rotatable bonds is 3. The monoisotopic (exact) mass is 256 g/mol. The van der Waals surface area contributed by atoms with Gasteiger partial charge in [0.05, 0.1) is 5.69 Å². The van der Waals surface area contributed by atoms with Gasteiger partial charge in [0.1, 0.15) is 11.9 Å². The number of nitrogens with two attached hydrogens (primary N) is 1. The molecule has 0 aliphatic rings. The molecule has 1 atom stereocenters. The van der Waals surface area contributed by atoms with E-state index in [1.165, 1.54) is 18.3 Å². The first kappa shape index (κ1) is 16.5. The summed E-state index contributed by atoms with van der Waals surface area (Å²) in [6.07, 6.45) is 1.30. The standard InChI is InChI=1S/C8H9FN2O2.2ClH/c9-5-2-1-3-11-7(5)4-6(10)8(12)13;;/h1-3,6H,4,10H2,(H,12,13);2*1H. The Morgan fingerprint density at radius 2 is 2.20 bits per heavy atom.